The Morgan fingerprint density at radius 1 is 1.09 bits per heavy atom. The number of imidazole rings is 1. The zero-order valence-corrected chi connectivity index (χ0v) is 21.4. The SMILES string of the molecule is Cc1nc2c(OCc3ccccc3F)cccn2c1C(=O)C[C@@H](CC(=O)OC(C)(C)C)CC(C)C. The van der Waals surface area contributed by atoms with Crippen LogP contribution in [0.2, 0.25) is 0 Å². The molecule has 3 rings (SSSR count). The van der Waals surface area contributed by atoms with E-state index in [-0.39, 0.29) is 42.9 Å². The summed E-state index contributed by atoms with van der Waals surface area (Å²) in [6.45, 7) is 11.5. The van der Waals surface area contributed by atoms with Gasteiger partial charge in [-0.15, -0.1) is 0 Å². The number of fused-ring (bicyclic) bond motifs is 1. The van der Waals surface area contributed by atoms with Gasteiger partial charge in [-0.3, -0.25) is 14.0 Å². The van der Waals surface area contributed by atoms with Crippen LogP contribution >= 0.6 is 0 Å². The fourth-order valence-corrected chi connectivity index (χ4v) is 4.26. The lowest BCUT2D eigenvalue weighted by Gasteiger charge is -2.23. The third-order valence-corrected chi connectivity index (χ3v) is 5.55. The Hall–Kier alpha value is -3.22. The number of carbonyl (C=O) groups excluding carboxylic acids is 2. The van der Waals surface area contributed by atoms with Crippen LogP contribution in [0.15, 0.2) is 42.6 Å². The van der Waals surface area contributed by atoms with E-state index in [9.17, 15) is 14.0 Å². The second-order valence-corrected chi connectivity index (χ2v) is 10.4. The molecule has 2 aromatic heterocycles. The fourth-order valence-electron chi connectivity index (χ4n) is 4.26. The zero-order valence-electron chi connectivity index (χ0n) is 21.4. The molecule has 0 fully saturated rings. The predicted molar refractivity (Wildman–Crippen MR) is 133 cm³/mol. The smallest absolute Gasteiger partial charge is 0.306 e. The second kappa shape index (κ2) is 11.0. The van der Waals surface area contributed by atoms with Crippen LogP contribution in [0.1, 0.15) is 75.6 Å². The molecule has 0 aliphatic heterocycles. The van der Waals surface area contributed by atoms with Gasteiger partial charge in [0.25, 0.3) is 0 Å². The molecule has 0 unspecified atom stereocenters. The van der Waals surface area contributed by atoms with Gasteiger partial charge in [0.2, 0.25) is 0 Å². The molecule has 0 radical (unpaired) electrons. The molecule has 35 heavy (non-hydrogen) atoms. The van der Waals surface area contributed by atoms with Crippen molar-refractivity contribution >= 4 is 17.4 Å². The third-order valence-electron chi connectivity index (χ3n) is 5.55. The van der Waals surface area contributed by atoms with Crippen molar-refractivity contribution in [1.82, 2.24) is 9.38 Å². The summed E-state index contributed by atoms with van der Waals surface area (Å²) in [6, 6.07) is 9.96. The summed E-state index contributed by atoms with van der Waals surface area (Å²) in [5.41, 5.74) is 1.41. The molecule has 0 bridgehead atoms. The summed E-state index contributed by atoms with van der Waals surface area (Å²) in [6.07, 6.45) is 2.90. The Morgan fingerprint density at radius 2 is 1.80 bits per heavy atom. The zero-order chi connectivity index (χ0) is 25.8. The Morgan fingerprint density at radius 3 is 2.46 bits per heavy atom. The standard InChI is InChI=1S/C28H35FN2O4/c1-18(2)14-20(16-25(33)35-28(4,5)6)15-23(32)26-19(3)30-27-24(12-9-13-31(26)27)34-17-21-10-7-8-11-22(21)29/h7-13,18,20H,14-17H2,1-6H3/t20-/m0/s1. The molecule has 188 valence electrons. The van der Waals surface area contributed by atoms with Crippen LogP contribution in [0.25, 0.3) is 5.65 Å². The number of hydrogen-bond donors (Lipinski definition) is 0. The topological polar surface area (TPSA) is 69.9 Å². The molecule has 0 saturated carbocycles. The van der Waals surface area contributed by atoms with E-state index in [0.29, 0.717) is 34.3 Å². The van der Waals surface area contributed by atoms with Gasteiger partial charge < -0.3 is 9.47 Å². The van der Waals surface area contributed by atoms with Gasteiger partial charge >= 0.3 is 5.97 Å². The first-order chi connectivity index (χ1) is 16.4. The van der Waals surface area contributed by atoms with Gasteiger partial charge in [0, 0.05) is 24.6 Å². The molecular formula is C28H35FN2O4. The number of nitrogens with zero attached hydrogens (tertiary/aromatic N) is 2. The number of aromatic nitrogens is 2. The van der Waals surface area contributed by atoms with Gasteiger partial charge in [-0.05, 0) is 64.2 Å². The van der Waals surface area contributed by atoms with E-state index in [0.717, 1.165) is 6.42 Å². The summed E-state index contributed by atoms with van der Waals surface area (Å²) in [5, 5.41) is 0. The first-order valence-corrected chi connectivity index (χ1v) is 12.0. The predicted octanol–water partition coefficient (Wildman–Crippen LogP) is 6.33. The van der Waals surface area contributed by atoms with Crippen LogP contribution in [0.3, 0.4) is 0 Å². The molecule has 0 spiro atoms. The quantitative estimate of drug-likeness (QED) is 0.250. The maximum atomic E-state index is 14.0. The number of rotatable bonds is 10. The number of ether oxygens (including phenoxy) is 2. The lowest BCUT2D eigenvalue weighted by molar-refractivity contribution is -0.156. The van der Waals surface area contributed by atoms with E-state index in [1.54, 1.807) is 47.9 Å². The highest BCUT2D eigenvalue weighted by Gasteiger charge is 2.26. The molecule has 1 atom stereocenters. The van der Waals surface area contributed by atoms with Crippen molar-refractivity contribution < 1.29 is 23.5 Å². The number of hydrogen-bond acceptors (Lipinski definition) is 5. The van der Waals surface area contributed by atoms with Crippen molar-refractivity contribution in [2.45, 2.75) is 73.0 Å². The third kappa shape index (κ3) is 7.13. The maximum Gasteiger partial charge on any atom is 0.306 e. The van der Waals surface area contributed by atoms with E-state index in [1.165, 1.54) is 6.07 Å². The van der Waals surface area contributed by atoms with Gasteiger partial charge in [-0.25, -0.2) is 9.37 Å². The van der Waals surface area contributed by atoms with Crippen LogP contribution < -0.4 is 4.74 Å². The molecule has 1 aromatic carbocycles. The Kier molecular flexibility index (Phi) is 8.30. The molecule has 0 N–H and O–H groups in total. The van der Waals surface area contributed by atoms with E-state index in [1.807, 2.05) is 20.8 Å². The van der Waals surface area contributed by atoms with E-state index < -0.39 is 5.60 Å². The molecule has 0 saturated heterocycles. The number of carbonyl (C=O) groups is 2. The van der Waals surface area contributed by atoms with Gasteiger partial charge in [0.1, 0.15) is 23.7 Å². The lowest BCUT2D eigenvalue weighted by atomic mass is 9.89. The molecule has 7 heteroatoms. The van der Waals surface area contributed by atoms with Crippen LogP contribution in [0.5, 0.6) is 5.75 Å². The van der Waals surface area contributed by atoms with Crippen LogP contribution in [-0.2, 0) is 16.1 Å². The molecule has 0 aliphatic rings. The van der Waals surface area contributed by atoms with Gasteiger partial charge in [0.05, 0.1) is 5.69 Å². The minimum absolute atomic E-state index is 0.0495. The van der Waals surface area contributed by atoms with Crippen molar-refractivity contribution in [2.75, 3.05) is 0 Å². The summed E-state index contributed by atoms with van der Waals surface area (Å²) in [5.74, 6) is -0.0637. The number of Topliss-reactive ketones (excluding diaryl/α,β-unsaturated/α-hetero) is 1. The number of benzene rings is 1. The average Bonchev–Trinajstić information content (AvgIpc) is 3.07. The van der Waals surface area contributed by atoms with Crippen LogP contribution in [0.4, 0.5) is 4.39 Å². The number of pyridine rings is 1. The molecular weight excluding hydrogens is 447 g/mol. The Labute approximate surface area is 206 Å². The summed E-state index contributed by atoms with van der Waals surface area (Å²) >= 11 is 0. The second-order valence-electron chi connectivity index (χ2n) is 10.4. The van der Waals surface area contributed by atoms with Gasteiger partial charge in [0.15, 0.2) is 17.2 Å². The first kappa shape index (κ1) is 26.4. The van der Waals surface area contributed by atoms with Gasteiger partial charge in [-0.1, -0.05) is 32.0 Å². The highest BCUT2D eigenvalue weighted by Crippen LogP contribution is 2.27. The van der Waals surface area contributed by atoms with Crippen molar-refractivity contribution in [1.29, 1.82) is 0 Å². The summed E-state index contributed by atoms with van der Waals surface area (Å²) < 4.78 is 27.1. The monoisotopic (exact) mass is 482 g/mol. The van der Waals surface area contributed by atoms with Crippen molar-refractivity contribution in [3.05, 3.63) is 65.4 Å². The minimum Gasteiger partial charge on any atom is -0.485 e. The van der Waals surface area contributed by atoms with Gasteiger partial charge in [-0.2, -0.15) is 0 Å². The van der Waals surface area contributed by atoms with Crippen molar-refractivity contribution in [3.63, 3.8) is 0 Å². The number of ketones is 1. The molecule has 3 aromatic rings. The Bertz CT molecular complexity index is 1190. The van der Waals surface area contributed by atoms with E-state index >= 15 is 0 Å². The summed E-state index contributed by atoms with van der Waals surface area (Å²) in [4.78, 5) is 30.5. The molecule has 0 amide bonds. The Balaban J connectivity index is 1.81. The molecule has 0 aliphatic carbocycles. The normalized spacial score (nSPS) is 12.7. The first-order valence-electron chi connectivity index (χ1n) is 12.0. The highest BCUT2D eigenvalue weighted by molar-refractivity contribution is 5.97. The molecule has 2 heterocycles. The number of aryl methyl sites for hydroxylation is 1. The van der Waals surface area contributed by atoms with E-state index in [2.05, 4.69) is 18.8 Å². The lowest BCUT2D eigenvalue weighted by Crippen LogP contribution is -2.26. The summed E-state index contributed by atoms with van der Waals surface area (Å²) in [7, 11) is 0. The van der Waals surface area contributed by atoms with Crippen molar-refractivity contribution in [2.24, 2.45) is 11.8 Å². The number of esters is 1. The molecule has 6 nitrogen and oxygen atoms in total. The van der Waals surface area contributed by atoms with E-state index in [4.69, 9.17) is 9.47 Å². The van der Waals surface area contributed by atoms with Crippen LogP contribution in [0, 0.1) is 24.6 Å². The maximum absolute atomic E-state index is 14.0. The fraction of sp³-hybridized carbons (Fsp3) is 0.464. The number of halogens is 1. The van der Waals surface area contributed by atoms with Crippen molar-refractivity contribution in [3.8, 4) is 5.75 Å². The van der Waals surface area contributed by atoms with Crippen LogP contribution in [-0.4, -0.2) is 26.7 Å². The minimum atomic E-state index is -0.569. The largest absolute Gasteiger partial charge is 0.485 e. The highest BCUT2D eigenvalue weighted by atomic mass is 19.1. The average molecular weight is 483 g/mol.